The molecule has 1 aromatic rings. The molecule has 4 heteroatoms. The van der Waals surface area contributed by atoms with E-state index >= 15 is 0 Å². The van der Waals surface area contributed by atoms with Crippen LogP contribution in [0.5, 0.6) is 0 Å². The predicted molar refractivity (Wildman–Crippen MR) is 89.7 cm³/mol. The summed E-state index contributed by atoms with van der Waals surface area (Å²) in [6.45, 7) is 7.92. The molecule has 0 heterocycles. The molecule has 2 amide bonds. The first-order valence-electron chi connectivity index (χ1n) is 7.95. The SMILES string of the molecule is CCCCc1ccc(CC(=O)NCC(=O)NC(C)(C)C)cc1. The van der Waals surface area contributed by atoms with Crippen molar-refractivity contribution in [2.75, 3.05) is 6.54 Å². The third-order valence-corrected chi connectivity index (χ3v) is 3.17. The molecule has 0 aromatic heterocycles. The predicted octanol–water partition coefficient (Wildman–Crippen LogP) is 2.60. The summed E-state index contributed by atoms with van der Waals surface area (Å²) in [6.07, 6.45) is 3.75. The van der Waals surface area contributed by atoms with Gasteiger partial charge in [-0.2, -0.15) is 0 Å². The summed E-state index contributed by atoms with van der Waals surface area (Å²) in [5.41, 5.74) is 1.99. The largest absolute Gasteiger partial charge is 0.350 e. The van der Waals surface area contributed by atoms with Gasteiger partial charge in [0.2, 0.25) is 11.8 Å². The first kappa shape index (κ1) is 18.2. The number of aryl methyl sites for hydroxylation is 1. The molecule has 0 saturated heterocycles. The summed E-state index contributed by atoms with van der Waals surface area (Å²) in [6, 6.07) is 8.12. The second-order valence-corrected chi connectivity index (χ2v) is 6.67. The number of amides is 2. The van der Waals surface area contributed by atoms with Crippen LogP contribution in [-0.2, 0) is 22.4 Å². The molecular weight excluding hydrogens is 276 g/mol. The van der Waals surface area contributed by atoms with Crippen molar-refractivity contribution in [2.24, 2.45) is 0 Å². The number of rotatable bonds is 7. The molecule has 1 aromatic carbocycles. The van der Waals surface area contributed by atoms with Crippen molar-refractivity contribution in [1.82, 2.24) is 10.6 Å². The maximum Gasteiger partial charge on any atom is 0.239 e. The van der Waals surface area contributed by atoms with E-state index in [0.717, 1.165) is 12.0 Å². The standard InChI is InChI=1S/C18H28N2O2/c1-5-6-7-14-8-10-15(11-9-14)12-16(21)19-13-17(22)20-18(2,3)4/h8-11H,5-7,12-13H2,1-4H3,(H,19,21)(H,20,22). The Morgan fingerprint density at radius 1 is 1.00 bits per heavy atom. The molecule has 0 aliphatic rings. The first-order chi connectivity index (χ1) is 10.3. The fourth-order valence-electron chi connectivity index (χ4n) is 2.09. The molecule has 0 spiro atoms. The van der Waals surface area contributed by atoms with Crippen LogP contribution in [-0.4, -0.2) is 23.9 Å². The Bertz CT molecular complexity index is 487. The van der Waals surface area contributed by atoms with Gasteiger partial charge >= 0.3 is 0 Å². The normalized spacial score (nSPS) is 11.1. The zero-order valence-corrected chi connectivity index (χ0v) is 14.2. The van der Waals surface area contributed by atoms with Crippen LogP contribution in [0.4, 0.5) is 0 Å². The van der Waals surface area contributed by atoms with Crippen molar-refractivity contribution in [2.45, 2.75) is 58.9 Å². The third-order valence-electron chi connectivity index (χ3n) is 3.17. The minimum absolute atomic E-state index is 0.0185. The Kier molecular flexibility index (Phi) is 7.09. The monoisotopic (exact) mass is 304 g/mol. The quantitative estimate of drug-likeness (QED) is 0.813. The van der Waals surface area contributed by atoms with Crippen molar-refractivity contribution in [3.63, 3.8) is 0 Å². The number of carbonyl (C=O) groups is 2. The Morgan fingerprint density at radius 3 is 2.14 bits per heavy atom. The van der Waals surface area contributed by atoms with Gasteiger partial charge in [-0.15, -0.1) is 0 Å². The lowest BCUT2D eigenvalue weighted by atomic mass is 10.0. The molecule has 0 atom stereocenters. The Morgan fingerprint density at radius 2 is 1.59 bits per heavy atom. The maximum absolute atomic E-state index is 11.8. The average Bonchev–Trinajstić information content (AvgIpc) is 2.43. The molecule has 0 unspecified atom stereocenters. The summed E-state index contributed by atoms with van der Waals surface area (Å²) in [7, 11) is 0. The van der Waals surface area contributed by atoms with Crippen molar-refractivity contribution in [3.8, 4) is 0 Å². The summed E-state index contributed by atoms with van der Waals surface area (Å²) in [5.74, 6) is -0.305. The molecule has 2 N–H and O–H groups in total. The van der Waals surface area contributed by atoms with Crippen LogP contribution in [0.15, 0.2) is 24.3 Å². The molecule has 1 rings (SSSR count). The average molecular weight is 304 g/mol. The van der Waals surface area contributed by atoms with Gasteiger partial charge in [0, 0.05) is 5.54 Å². The minimum Gasteiger partial charge on any atom is -0.350 e. The van der Waals surface area contributed by atoms with Crippen LogP contribution < -0.4 is 10.6 Å². The fraction of sp³-hybridized carbons (Fsp3) is 0.556. The number of hydrogen-bond donors (Lipinski definition) is 2. The minimum atomic E-state index is -0.282. The number of unbranched alkanes of at least 4 members (excludes halogenated alkanes) is 1. The van der Waals surface area contributed by atoms with E-state index in [0.29, 0.717) is 6.42 Å². The highest BCUT2D eigenvalue weighted by molar-refractivity contribution is 5.85. The maximum atomic E-state index is 11.8. The zero-order valence-electron chi connectivity index (χ0n) is 14.2. The van der Waals surface area contributed by atoms with Crippen LogP contribution >= 0.6 is 0 Å². The van der Waals surface area contributed by atoms with Gasteiger partial charge in [0.15, 0.2) is 0 Å². The van der Waals surface area contributed by atoms with E-state index in [1.807, 2.05) is 32.9 Å². The molecule has 0 radical (unpaired) electrons. The smallest absolute Gasteiger partial charge is 0.239 e. The number of benzene rings is 1. The molecule has 0 aliphatic carbocycles. The highest BCUT2D eigenvalue weighted by atomic mass is 16.2. The Labute approximate surface area is 133 Å². The van der Waals surface area contributed by atoms with Crippen molar-refractivity contribution < 1.29 is 9.59 Å². The van der Waals surface area contributed by atoms with Crippen LogP contribution in [0.3, 0.4) is 0 Å². The summed E-state index contributed by atoms with van der Waals surface area (Å²) in [5, 5.41) is 5.46. The van der Waals surface area contributed by atoms with Gasteiger partial charge in [-0.1, -0.05) is 37.6 Å². The lowest BCUT2D eigenvalue weighted by molar-refractivity contribution is -0.126. The molecule has 0 bridgehead atoms. The van der Waals surface area contributed by atoms with Gasteiger partial charge in [0.1, 0.15) is 0 Å². The van der Waals surface area contributed by atoms with Gasteiger partial charge in [0.25, 0.3) is 0 Å². The second kappa shape index (κ2) is 8.57. The van der Waals surface area contributed by atoms with E-state index < -0.39 is 0 Å². The van der Waals surface area contributed by atoms with Gasteiger partial charge in [-0.05, 0) is 44.7 Å². The number of nitrogens with one attached hydrogen (secondary N) is 2. The topological polar surface area (TPSA) is 58.2 Å². The summed E-state index contributed by atoms with van der Waals surface area (Å²) >= 11 is 0. The van der Waals surface area contributed by atoms with E-state index in [4.69, 9.17) is 0 Å². The van der Waals surface area contributed by atoms with Gasteiger partial charge in [0.05, 0.1) is 13.0 Å². The van der Waals surface area contributed by atoms with Gasteiger partial charge in [-0.3, -0.25) is 9.59 Å². The second-order valence-electron chi connectivity index (χ2n) is 6.67. The molecule has 0 aliphatic heterocycles. The third kappa shape index (κ3) is 7.81. The van der Waals surface area contributed by atoms with E-state index in [1.54, 1.807) is 0 Å². The molecular formula is C18H28N2O2. The molecule has 122 valence electrons. The van der Waals surface area contributed by atoms with Gasteiger partial charge in [-0.25, -0.2) is 0 Å². The lowest BCUT2D eigenvalue weighted by Gasteiger charge is -2.20. The van der Waals surface area contributed by atoms with Gasteiger partial charge < -0.3 is 10.6 Å². The highest BCUT2D eigenvalue weighted by Crippen LogP contribution is 2.08. The molecule has 0 saturated carbocycles. The number of carbonyl (C=O) groups excluding carboxylic acids is 2. The van der Waals surface area contributed by atoms with Crippen molar-refractivity contribution in [1.29, 1.82) is 0 Å². The summed E-state index contributed by atoms with van der Waals surface area (Å²) in [4.78, 5) is 23.5. The Hall–Kier alpha value is -1.84. The first-order valence-corrected chi connectivity index (χ1v) is 7.95. The summed E-state index contributed by atoms with van der Waals surface area (Å²) < 4.78 is 0. The Balaban J connectivity index is 2.37. The van der Waals surface area contributed by atoms with E-state index in [2.05, 4.69) is 29.7 Å². The van der Waals surface area contributed by atoms with Crippen LogP contribution in [0, 0.1) is 0 Å². The van der Waals surface area contributed by atoms with E-state index in [1.165, 1.54) is 18.4 Å². The molecule has 0 fully saturated rings. The molecule has 4 nitrogen and oxygen atoms in total. The molecule has 22 heavy (non-hydrogen) atoms. The van der Waals surface area contributed by atoms with E-state index in [9.17, 15) is 9.59 Å². The zero-order chi connectivity index (χ0) is 16.6. The van der Waals surface area contributed by atoms with Crippen LogP contribution in [0.2, 0.25) is 0 Å². The van der Waals surface area contributed by atoms with Crippen LogP contribution in [0.25, 0.3) is 0 Å². The number of hydrogen-bond acceptors (Lipinski definition) is 2. The van der Waals surface area contributed by atoms with Crippen LogP contribution in [0.1, 0.15) is 51.7 Å². The van der Waals surface area contributed by atoms with Crippen molar-refractivity contribution in [3.05, 3.63) is 35.4 Å². The van der Waals surface area contributed by atoms with E-state index in [-0.39, 0.29) is 23.9 Å². The van der Waals surface area contributed by atoms with Crippen molar-refractivity contribution >= 4 is 11.8 Å². The lowest BCUT2D eigenvalue weighted by Crippen LogP contribution is -2.46. The fourth-order valence-corrected chi connectivity index (χ4v) is 2.09. The highest BCUT2D eigenvalue weighted by Gasteiger charge is 2.14.